The van der Waals surface area contributed by atoms with Crippen LogP contribution in [0.2, 0.25) is 0 Å². The number of aromatic nitrogens is 1. The van der Waals surface area contributed by atoms with Gasteiger partial charge < -0.3 is 10.1 Å². The Hall–Kier alpha value is -0.910. The van der Waals surface area contributed by atoms with Crippen LogP contribution in [-0.2, 0) is 19.6 Å². The van der Waals surface area contributed by atoms with Crippen LogP contribution in [0.1, 0.15) is 37.0 Å². The van der Waals surface area contributed by atoms with Crippen molar-refractivity contribution < 1.29 is 4.74 Å². The summed E-state index contributed by atoms with van der Waals surface area (Å²) < 4.78 is 6.82. The van der Waals surface area contributed by atoms with Gasteiger partial charge in [0.25, 0.3) is 0 Å². The molecule has 1 N–H and O–H groups in total. The summed E-state index contributed by atoms with van der Waals surface area (Å²) in [5.74, 6) is 0.856. The quantitative estimate of drug-likeness (QED) is 0.778. The summed E-state index contributed by atoms with van der Waals surface area (Å²) in [5.41, 5.74) is 2.24. The maximum absolute atomic E-state index is 5.84. The number of hydrogen-bond donors (Lipinski definition) is 1. The first-order valence-corrected chi connectivity index (χ1v) is 8.83. The molecule has 0 radical (unpaired) electrons. The summed E-state index contributed by atoms with van der Waals surface area (Å²) in [6, 6.07) is 6.68. The van der Waals surface area contributed by atoms with Crippen LogP contribution in [0.4, 0.5) is 0 Å². The Balaban J connectivity index is 1.94. The Morgan fingerprint density at radius 3 is 2.81 bits per heavy atom. The highest BCUT2D eigenvalue weighted by Gasteiger charge is 2.06. The Kier molecular flexibility index (Phi) is 6.21. The maximum Gasteiger partial charge on any atom is 0.134 e. The van der Waals surface area contributed by atoms with Crippen molar-refractivity contribution in [2.75, 3.05) is 0 Å². The van der Waals surface area contributed by atoms with Crippen molar-refractivity contribution in [1.29, 1.82) is 0 Å². The molecule has 3 nitrogen and oxygen atoms in total. The lowest BCUT2D eigenvalue weighted by Crippen LogP contribution is -2.21. The molecule has 0 amide bonds. The van der Waals surface area contributed by atoms with Gasteiger partial charge in [0.1, 0.15) is 12.4 Å². The van der Waals surface area contributed by atoms with Crippen LogP contribution in [0.15, 0.2) is 28.1 Å². The highest BCUT2D eigenvalue weighted by atomic mass is 79.9. The maximum atomic E-state index is 5.84. The summed E-state index contributed by atoms with van der Waals surface area (Å²) in [5, 5.41) is 6.62. The van der Waals surface area contributed by atoms with E-state index >= 15 is 0 Å². The van der Waals surface area contributed by atoms with Crippen molar-refractivity contribution in [3.8, 4) is 5.75 Å². The summed E-state index contributed by atoms with van der Waals surface area (Å²) in [6.07, 6.45) is 0.978. The van der Waals surface area contributed by atoms with Gasteiger partial charge in [-0.1, -0.05) is 26.8 Å². The predicted molar refractivity (Wildman–Crippen MR) is 91.9 cm³/mol. The summed E-state index contributed by atoms with van der Waals surface area (Å²) in [6.45, 7) is 7.78. The van der Waals surface area contributed by atoms with Gasteiger partial charge in [-0.25, -0.2) is 4.98 Å². The molecule has 1 aromatic carbocycles. The molecule has 0 aliphatic heterocycles. The van der Waals surface area contributed by atoms with Crippen molar-refractivity contribution in [3.05, 3.63) is 44.3 Å². The van der Waals surface area contributed by atoms with Crippen molar-refractivity contribution in [1.82, 2.24) is 10.3 Å². The molecule has 21 heavy (non-hydrogen) atoms. The molecule has 1 heterocycles. The molecule has 0 fully saturated rings. The molecular formula is C16H21BrN2OS. The molecule has 5 heteroatoms. The van der Waals surface area contributed by atoms with Gasteiger partial charge in [-0.05, 0) is 40.0 Å². The van der Waals surface area contributed by atoms with Crippen LogP contribution < -0.4 is 10.1 Å². The number of benzene rings is 1. The van der Waals surface area contributed by atoms with E-state index in [0.717, 1.165) is 33.9 Å². The minimum absolute atomic E-state index is 0.483. The summed E-state index contributed by atoms with van der Waals surface area (Å²) in [7, 11) is 0. The van der Waals surface area contributed by atoms with E-state index in [-0.39, 0.29) is 0 Å². The van der Waals surface area contributed by atoms with Gasteiger partial charge in [0, 0.05) is 18.0 Å². The van der Waals surface area contributed by atoms with E-state index in [1.807, 2.05) is 6.07 Å². The standard InChI is InChI=1S/C16H21BrN2OS/c1-4-16-19-13(10-21-16)9-20-15-6-5-12(7-14(15)17)8-18-11(2)3/h5-7,10-11,18H,4,8-9H2,1-3H3. The van der Waals surface area contributed by atoms with Gasteiger partial charge in [-0.2, -0.15) is 0 Å². The minimum Gasteiger partial charge on any atom is -0.486 e. The van der Waals surface area contributed by atoms with Gasteiger partial charge in [0.05, 0.1) is 15.2 Å². The summed E-state index contributed by atoms with van der Waals surface area (Å²) in [4.78, 5) is 4.51. The number of aryl methyl sites for hydroxylation is 1. The molecule has 1 aromatic heterocycles. The van der Waals surface area contributed by atoms with Gasteiger partial charge >= 0.3 is 0 Å². The monoisotopic (exact) mass is 368 g/mol. The van der Waals surface area contributed by atoms with E-state index in [0.29, 0.717) is 12.6 Å². The molecule has 0 unspecified atom stereocenters. The van der Waals surface area contributed by atoms with Gasteiger partial charge in [-0.15, -0.1) is 11.3 Å². The molecule has 0 bridgehead atoms. The first kappa shape index (κ1) is 16.5. The second kappa shape index (κ2) is 7.92. The van der Waals surface area contributed by atoms with E-state index in [4.69, 9.17) is 4.74 Å². The number of nitrogens with zero attached hydrogens (tertiary/aromatic N) is 1. The van der Waals surface area contributed by atoms with Gasteiger partial charge in [0.15, 0.2) is 0 Å². The van der Waals surface area contributed by atoms with E-state index < -0.39 is 0 Å². The molecule has 0 atom stereocenters. The van der Waals surface area contributed by atoms with Crippen molar-refractivity contribution in [3.63, 3.8) is 0 Å². The first-order chi connectivity index (χ1) is 10.1. The molecule has 0 aliphatic rings. The third-order valence-corrected chi connectivity index (χ3v) is 4.65. The molecule has 0 saturated heterocycles. The molecule has 2 aromatic rings. The normalized spacial score (nSPS) is 11.1. The van der Waals surface area contributed by atoms with E-state index in [2.05, 4.69) is 64.5 Å². The third-order valence-electron chi connectivity index (χ3n) is 2.99. The molecule has 0 aliphatic carbocycles. The van der Waals surface area contributed by atoms with Crippen LogP contribution in [0.25, 0.3) is 0 Å². The Bertz CT molecular complexity index is 583. The average Bonchev–Trinajstić information content (AvgIpc) is 2.92. The molecule has 114 valence electrons. The minimum atomic E-state index is 0.483. The lowest BCUT2D eigenvalue weighted by Gasteiger charge is -2.11. The average molecular weight is 369 g/mol. The Morgan fingerprint density at radius 1 is 1.38 bits per heavy atom. The highest BCUT2D eigenvalue weighted by Crippen LogP contribution is 2.27. The van der Waals surface area contributed by atoms with Crippen LogP contribution in [0, 0.1) is 0 Å². The fourth-order valence-electron chi connectivity index (χ4n) is 1.82. The lowest BCUT2D eigenvalue weighted by molar-refractivity contribution is 0.300. The number of halogens is 1. The van der Waals surface area contributed by atoms with E-state index in [1.165, 1.54) is 5.56 Å². The van der Waals surface area contributed by atoms with Crippen LogP contribution in [0.5, 0.6) is 5.75 Å². The van der Waals surface area contributed by atoms with E-state index in [9.17, 15) is 0 Å². The highest BCUT2D eigenvalue weighted by molar-refractivity contribution is 9.10. The van der Waals surface area contributed by atoms with Crippen LogP contribution in [-0.4, -0.2) is 11.0 Å². The second-order valence-electron chi connectivity index (χ2n) is 5.18. The smallest absolute Gasteiger partial charge is 0.134 e. The topological polar surface area (TPSA) is 34.1 Å². The predicted octanol–water partition coefficient (Wildman–Crippen LogP) is 4.55. The number of nitrogens with one attached hydrogen (secondary N) is 1. The van der Waals surface area contributed by atoms with Crippen LogP contribution in [0.3, 0.4) is 0 Å². The first-order valence-electron chi connectivity index (χ1n) is 7.16. The van der Waals surface area contributed by atoms with E-state index in [1.54, 1.807) is 11.3 Å². The Morgan fingerprint density at radius 2 is 2.19 bits per heavy atom. The van der Waals surface area contributed by atoms with Gasteiger partial charge in [-0.3, -0.25) is 0 Å². The van der Waals surface area contributed by atoms with Crippen molar-refractivity contribution in [2.24, 2.45) is 0 Å². The number of ether oxygens (including phenoxy) is 1. The van der Waals surface area contributed by atoms with Gasteiger partial charge in [0.2, 0.25) is 0 Å². The van der Waals surface area contributed by atoms with Crippen molar-refractivity contribution >= 4 is 27.3 Å². The molecule has 2 rings (SSSR count). The van der Waals surface area contributed by atoms with Crippen LogP contribution >= 0.6 is 27.3 Å². The lowest BCUT2D eigenvalue weighted by atomic mass is 10.2. The van der Waals surface area contributed by atoms with Crippen molar-refractivity contribution in [2.45, 2.75) is 46.4 Å². The molecular weight excluding hydrogens is 348 g/mol. The number of rotatable bonds is 7. The number of thiazole rings is 1. The SMILES string of the molecule is CCc1nc(COc2ccc(CNC(C)C)cc2Br)cs1. The molecule has 0 saturated carbocycles. The third kappa shape index (κ3) is 5.09. The zero-order valence-corrected chi connectivity index (χ0v) is 15.1. The molecule has 0 spiro atoms. The largest absolute Gasteiger partial charge is 0.486 e. The number of hydrogen-bond acceptors (Lipinski definition) is 4. The fraction of sp³-hybridized carbons (Fsp3) is 0.438. The Labute approximate surface area is 138 Å². The fourth-order valence-corrected chi connectivity index (χ4v) is 3.09. The second-order valence-corrected chi connectivity index (χ2v) is 6.97. The summed E-state index contributed by atoms with van der Waals surface area (Å²) >= 11 is 5.27. The zero-order chi connectivity index (χ0) is 15.2. The zero-order valence-electron chi connectivity index (χ0n) is 12.6.